The smallest absolute Gasteiger partial charge is 0.238 e. The van der Waals surface area contributed by atoms with E-state index in [1.807, 2.05) is 36.4 Å². The monoisotopic (exact) mass is 812 g/mol. The standard InChI is InChI=1S/C57H40N4O2/c1-56(2)44-19-10-6-17-40(44)52-45(56)20-13-21-47(52)61(35-26-29-51-42(32-35)39-16-8-12-23-49(39)63-51)55-59-53(33-25-28-50-41(30-33)38-15-7-11-22-48(38)62-50)58-54(60-55)34-24-27-37-36-14-5-9-18-43(36)57(3,4)46(37)31-34/h5-32H,1-4H3. The van der Waals surface area contributed by atoms with Gasteiger partial charge in [-0.15, -0.1) is 0 Å². The molecule has 0 unspecified atom stereocenters. The van der Waals surface area contributed by atoms with Gasteiger partial charge in [0.1, 0.15) is 22.3 Å². The molecule has 0 aliphatic heterocycles. The van der Waals surface area contributed by atoms with Crippen molar-refractivity contribution < 1.29 is 8.83 Å². The van der Waals surface area contributed by atoms with Gasteiger partial charge in [-0.2, -0.15) is 9.97 Å². The first kappa shape index (κ1) is 35.9. The summed E-state index contributed by atoms with van der Waals surface area (Å²) in [5.41, 5.74) is 16.6. The van der Waals surface area contributed by atoms with E-state index in [4.69, 9.17) is 23.8 Å². The summed E-state index contributed by atoms with van der Waals surface area (Å²) in [5.74, 6) is 1.67. The lowest BCUT2D eigenvalue weighted by atomic mass is 9.82. The van der Waals surface area contributed by atoms with E-state index >= 15 is 0 Å². The molecular weight excluding hydrogens is 773 g/mol. The van der Waals surface area contributed by atoms with Crippen LogP contribution in [-0.4, -0.2) is 15.0 Å². The van der Waals surface area contributed by atoms with E-state index in [2.05, 4.69) is 166 Å². The second-order valence-corrected chi connectivity index (χ2v) is 18.0. The molecule has 6 nitrogen and oxygen atoms in total. The minimum Gasteiger partial charge on any atom is -0.456 e. The highest BCUT2D eigenvalue weighted by Gasteiger charge is 2.39. The van der Waals surface area contributed by atoms with Gasteiger partial charge >= 0.3 is 0 Å². The van der Waals surface area contributed by atoms with Crippen molar-refractivity contribution in [2.45, 2.75) is 38.5 Å². The predicted octanol–water partition coefficient (Wildman–Crippen LogP) is 15.1. The van der Waals surface area contributed by atoms with Crippen molar-refractivity contribution in [2.24, 2.45) is 0 Å². The van der Waals surface area contributed by atoms with Gasteiger partial charge in [0, 0.05) is 49.1 Å². The number of para-hydroxylation sites is 2. The molecule has 13 rings (SSSR count). The summed E-state index contributed by atoms with van der Waals surface area (Å²) in [6.07, 6.45) is 0. The third kappa shape index (κ3) is 5.15. The topological polar surface area (TPSA) is 68.2 Å². The maximum absolute atomic E-state index is 6.37. The van der Waals surface area contributed by atoms with Crippen LogP contribution in [0.1, 0.15) is 49.9 Å². The number of furan rings is 2. The first-order chi connectivity index (χ1) is 30.7. The number of hydrogen-bond acceptors (Lipinski definition) is 6. The van der Waals surface area contributed by atoms with Gasteiger partial charge in [-0.25, -0.2) is 4.98 Å². The third-order valence-corrected chi connectivity index (χ3v) is 13.7. The minimum atomic E-state index is -0.217. The van der Waals surface area contributed by atoms with Gasteiger partial charge in [0.15, 0.2) is 11.6 Å². The van der Waals surface area contributed by atoms with Crippen LogP contribution >= 0.6 is 0 Å². The average Bonchev–Trinajstić information content (AvgIpc) is 4.01. The van der Waals surface area contributed by atoms with Crippen molar-refractivity contribution in [3.63, 3.8) is 0 Å². The summed E-state index contributed by atoms with van der Waals surface area (Å²) in [7, 11) is 0. The Balaban J connectivity index is 1.10. The van der Waals surface area contributed by atoms with Crippen LogP contribution in [0, 0.1) is 0 Å². The van der Waals surface area contributed by atoms with Crippen molar-refractivity contribution in [2.75, 3.05) is 4.90 Å². The van der Waals surface area contributed by atoms with Gasteiger partial charge < -0.3 is 8.83 Å². The number of rotatable bonds is 5. The molecule has 63 heavy (non-hydrogen) atoms. The molecule has 11 aromatic rings. The largest absolute Gasteiger partial charge is 0.456 e. The number of hydrogen-bond donors (Lipinski definition) is 0. The molecule has 0 saturated heterocycles. The number of nitrogens with zero attached hydrogens (tertiary/aromatic N) is 4. The number of aromatic nitrogens is 3. The van der Waals surface area contributed by atoms with Gasteiger partial charge in [0.25, 0.3) is 0 Å². The van der Waals surface area contributed by atoms with Crippen LogP contribution in [0.3, 0.4) is 0 Å². The molecule has 2 aliphatic carbocycles. The SMILES string of the molecule is CC1(C)c2ccccc2-c2ccc(-c3nc(-c4ccc5oc6ccccc6c5c4)nc(N(c4ccc5oc6ccccc6c5c4)c4cccc5c4-c4ccccc4C5(C)C)n3)cc21. The van der Waals surface area contributed by atoms with E-state index in [9.17, 15) is 0 Å². The fourth-order valence-corrected chi connectivity index (χ4v) is 10.6. The van der Waals surface area contributed by atoms with Gasteiger partial charge in [-0.3, -0.25) is 4.90 Å². The van der Waals surface area contributed by atoms with Crippen LogP contribution < -0.4 is 4.90 Å². The maximum atomic E-state index is 6.37. The normalized spacial score (nSPS) is 14.3. The summed E-state index contributed by atoms with van der Waals surface area (Å²) >= 11 is 0. The van der Waals surface area contributed by atoms with Crippen molar-refractivity contribution in [1.82, 2.24) is 15.0 Å². The summed E-state index contributed by atoms with van der Waals surface area (Å²) in [6, 6.07) is 59.9. The summed E-state index contributed by atoms with van der Waals surface area (Å²) in [6.45, 7) is 9.25. The van der Waals surface area contributed by atoms with Crippen LogP contribution in [0.15, 0.2) is 179 Å². The predicted molar refractivity (Wildman–Crippen MR) is 255 cm³/mol. The third-order valence-electron chi connectivity index (χ3n) is 13.7. The van der Waals surface area contributed by atoms with Gasteiger partial charge in [0.2, 0.25) is 5.95 Å². The van der Waals surface area contributed by atoms with E-state index in [0.29, 0.717) is 17.6 Å². The number of benzene rings is 8. The van der Waals surface area contributed by atoms with Crippen LogP contribution in [0.2, 0.25) is 0 Å². The van der Waals surface area contributed by atoms with E-state index < -0.39 is 0 Å². The van der Waals surface area contributed by atoms with Gasteiger partial charge in [-0.1, -0.05) is 137 Å². The van der Waals surface area contributed by atoms with Crippen molar-refractivity contribution in [1.29, 1.82) is 0 Å². The summed E-state index contributed by atoms with van der Waals surface area (Å²) < 4.78 is 12.6. The quantitative estimate of drug-likeness (QED) is 0.172. The number of anilines is 3. The highest BCUT2D eigenvalue weighted by molar-refractivity contribution is 6.08. The first-order valence-corrected chi connectivity index (χ1v) is 21.6. The molecular formula is C57H40N4O2. The van der Waals surface area contributed by atoms with Crippen molar-refractivity contribution in [3.8, 4) is 45.0 Å². The molecule has 3 aromatic heterocycles. The second-order valence-electron chi connectivity index (χ2n) is 18.0. The van der Waals surface area contributed by atoms with Crippen LogP contribution in [0.5, 0.6) is 0 Å². The zero-order valence-electron chi connectivity index (χ0n) is 35.3. The van der Waals surface area contributed by atoms with Crippen LogP contribution in [-0.2, 0) is 10.8 Å². The second kappa shape index (κ2) is 12.8. The van der Waals surface area contributed by atoms with Crippen molar-refractivity contribution >= 4 is 61.2 Å². The Kier molecular flexibility index (Phi) is 7.32. The lowest BCUT2D eigenvalue weighted by Gasteiger charge is -2.27. The van der Waals surface area contributed by atoms with E-state index in [1.54, 1.807) is 0 Å². The van der Waals surface area contributed by atoms with E-state index in [1.165, 1.54) is 44.5 Å². The Morgan fingerprint density at radius 2 is 0.921 bits per heavy atom. The highest BCUT2D eigenvalue weighted by Crippen LogP contribution is 2.55. The molecule has 0 atom stereocenters. The molecule has 6 heteroatoms. The molecule has 0 saturated carbocycles. The molecule has 300 valence electrons. The van der Waals surface area contributed by atoms with E-state index in [0.717, 1.165) is 66.4 Å². The molecule has 3 heterocycles. The Morgan fingerprint density at radius 3 is 1.65 bits per heavy atom. The van der Waals surface area contributed by atoms with Crippen molar-refractivity contribution in [3.05, 3.63) is 192 Å². The molecule has 8 aromatic carbocycles. The molecule has 0 radical (unpaired) electrons. The van der Waals surface area contributed by atoms with Crippen LogP contribution in [0.4, 0.5) is 17.3 Å². The molecule has 2 aliphatic rings. The van der Waals surface area contributed by atoms with Crippen LogP contribution in [0.25, 0.3) is 88.9 Å². The Morgan fingerprint density at radius 1 is 0.397 bits per heavy atom. The van der Waals surface area contributed by atoms with Gasteiger partial charge in [0.05, 0.1) is 11.4 Å². The summed E-state index contributed by atoms with van der Waals surface area (Å²) in [5, 5.41) is 4.14. The van der Waals surface area contributed by atoms with E-state index in [-0.39, 0.29) is 10.8 Å². The first-order valence-electron chi connectivity index (χ1n) is 21.6. The van der Waals surface area contributed by atoms with Gasteiger partial charge in [-0.05, 0) is 99.6 Å². The Hall–Kier alpha value is -7.83. The zero-order valence-corrected chi connectivity index (χ0v) is 35.3. The number of fused-ring (bicyclic) bond motifs is 12. The fraction of sp³-hybridized carbons (Fsp3) is 0.105. The molecule has 0 bridgehead atoms. The molecule has 0 amide bonds. The Labute approximate surface area is 364 Å². The average molecular weight is 813 g/mol. The molecule has 0 fully saturated rings. The highest BCUT2D eigenvalue weighted by atomic mass is 16.3. The summed E-state index contributed by atoms with van der Waals surface area (Å²) in [4.78, 5) is 18.6. The lowest BCUT2D eigenvalue weighted by Crippen LogP contribution is -2.18. The maximum Gasteiger partial charge on any atom is 0.238 e. The fourth-order valence-electron chi connectivity index (χ4n) is 10.6. The Bertz CT molecular complexity index is 3720. The zero-order chi connectivity index (χ0) is 42.2. The minimum absolute atomic E-state index is 0.201. The lowest BCUT2D eigenvalue weighted by molar-refractivity contribution is 0.660. The molecule has 0 spiro atoms. The molecule has 0 N–H and O–H groups in total.